The lowest BCUT2D eigenvalue weighted by molar-refractivity contribution is -0.137. The molecule has 0 aliphatic carbocycles. The van der Waals surface area contributed by atoms with E-state index in [1.54, 1.807) is 14.0 Å². The van der Waals surface area contributed by atoms with Gasteiger partial charge in [0, 0.05) is 18.5 Å². The Balaban J connectivity index is 0.00000211. The van der Waals surface area contributed by atoms with E-state index in [9.17, 15) is 14.4 Å². The summed E-state index contributed by atoms with van der Waals surface area (Å²) in [5.74, 6) is -0.536. The molecule has 1 aliphatic rings. The second-order valence-corrected chi connectivity index (χ2v) is 4.92. The van der Waals surface area contributed by atoms with E-state index in [0.717, 1.165) is 17.4 Å². The maximum atomic E-state index is 11.8. The Morgan fingerprint density at radius 3 is 2.41 bits per heavy atom. The van der Waals surface area contributed by atoms with Crippen LogP contribution in [0.2, 0.25) is 0 Å². The van der Waals surface area contributed by atoms with Crippen LogP contribution in [0.4, 0.5) is 0 Å². The van der Waals surface area contributed by atoms with Crippen molar-refractivity contribution in [2.24, 2.45) is 0 Å². The van der Waals surface area contributed by atoms with Crippen LogP contribution in [0.5, 0.6) is 0 Å². The molecule has 1 fully saturated rings. The number of amides is 2. The monoisotopic (exact) mass is 306 g/mol. The first-order valence-electron chi connectivity index (χ1n) is 7.41. The molecule has 0 aromatic heterocycles. The van der Waals surface area contributed by atoms with E-state index in [4.69, 9.17) is 0 Å². The summed E-state index contributed by atoms with van der Waals surface area (Å²) >= 11 is 0. The van der Waals surface area contributed by atoms with E-state index in [2.05, 4.69) is 18.5 Å². The molecule has 0 saturated carbocycles. The Labute approximate surface area is 132 Å². The Hall–Kier alpha value is -2.01. The van der Waals surface area contributed by atoms with Crippen molar-refractivity contribution in [2.45, 2.75) is 39.7 Å². The number of carbonyl (C=O) groups excluding carboxylic acids is 3. The molecule has 0 spiro atoms. The highest BCUT2D eigenvalue weighted by Crippen LogP contribution is 2.18. The zero-order valence-corrected chi connectivity index (χ0v) is 13.9. The lowest BCUT2D eigenvalue weighted by atomic mass is 9.99. The summed E-state index contributed by atoms with van der Waals surface area (Å²) in [6, 6.07) is -0.375. The molecular formula is C17H26N2O3. The minimum atomic E-state index is -0.375. The van der Waals surface area contributed by atoms with Crippen LogP contribution in [0.25, 0.3) is 0 Å². The van der Waals surface area contributed by atoms with Gasteiger partial charge >= 0.3 is 0 Å². The molecule has 0 bridgehead atoms. The van der Waals surface area contributed by atoms with Crippen molar-refractivity contribution >= 4 is 18.1 Å². The van der Waals surface area contributed by atoms with Gasteiger partial charge in [-0.15, -0.1) is 0 Å². The summed E-state index contributed by atoms with van der Waals surface area (Å²) in [7, 11) is 1.79. The number of hydrogen-bond donors (Lipinski definition) is 1. The first kappa shape index (κ1) is 20.0. The highest BCUT2D eigenvalue weighted by Gasteiger charge is 2.30. The second-order valence-electron chi connectivity index (χ2n) is 4.92. The van der Waals surface area contributed by atoms with Crippen molar-refractivity contribution in [1.82, 2.24) is 10.2 Å². The maximum Gasteiger partial charge on any atom is 0.243 e. The molecule has 1 aliphatic heterocycles. The number of carbonyl (C=O) groups is 3. The molecule has 2 amide bonds. The number of nitrogens with zero attached hydrogens (tertiary/aromatic N) is 1. The molecule has 0 radical (unpaired) electrons. The molecule has 1 rings (SSSR count). The molecule has 0 aromatic rings. The molecule has 5 nitrogen and oxygen atoms in total. The van der Waals surface area contributed by atoms with Gasteiger partial charge in [0.2, 0.25) is 11.8 Å². The molecule has 5 heteroatoms. The van der Waals surface area contributed by atoms with Crippen LogP contribution in [0.15, 0.2) is 36.0 Å². The van der Waals surface area contributed by atoms with Crippen molar-refractivity contribution in [1.29, 1.82) is 0 Å². The van der Waals surface area contributed by atoms with Gasteiger partial charge in [-0.1, -0.05) is 38.7 Å². The Bertz CT molecular complexity index is 482. The van der Waals surface area contributed by atoms with E-state index in [-0.39, 0.29) is 17.9 Å². The highest BCUT2D eigenvalue weighted by molar-refractivity contribution is 6.00. The average Bonchev–Trinajstić information content (AvgIpc) is 2.49. The molecule has 122 valence electrons. The number of imide groups is 1. The Morgan fingerprint density at radius 1 is 1.41 bits per heavy atom. The summed E-state index contributed by atoms with van der Waals surface area (Å²) in [4.78, 5) is 35.8. The fourth-order valence-electron chi connectivity index (χ4n) is 2.18. The lowest BCUT2D eigenvalue weighted by Crippen LogP contribution is -2.51. The Kier molecular flexibility index (Phi) is 8.94. The van der Waals surface area contributed by atoms with Gasteiger partial charge in [0.15, 0.2) is 0 Å². The molecule has 1 unspecified atom stereocenters. The van der Waals surface area contributed by atoms with E-state index in [0.29, 0.717) is 25.0 Å². The normalized spacial score (nSPS) is 18.7. The molecule has 1 saturated heterocycles. The number of hydrogen-bond acceptors (Lipinski definition) is 4. The molecular weight excluding hydrogens is 280 g/mol. The average molecular weight is 306 g/mol. The van der Waals surface area contributed by atoms with Crippen LogP contribution in [0.1, 0.15) is 33.6 Å². The third-order valence-electron chi connectivity index (χ3n) is 3.36. The zero-order chi connectivity index (χ0) is 17.3. The molecule has 1 N–H and O–H groups in total. The molecule has 0 aromatic carbocycles. The number of aldehydes is 1. The van der Waals surface area contributed by atoms with Crippen LogP contribution in [0.3, 0.4) is 0 Å². The first-order chi connectivity index (χ1) is 10.4. The third-order valence-corrected chi connectivity index (χ3v) is 3.36. The predicted octanol–water partition coefficient (Wildman–Crippen LogP) is 2.01. The highest BCUT2D eigenvalue weighted by atomic mass is 16.2. The molecule has 1 heterocycles. The maximum absolute atomic E-state index is 11.8. The summed E-state index contributed by atoms with van der Waals surface area (Å²) in [5.41, 5.74) is 1.98. The van der Waals surface area contributed by atoms with Crippen molar-refractivity contribution in [3.63, 3.8) is 0 Å². The van der Waals surface area contributed by atoms with Gasteiger partial charge in [0.1, 0.15) is 6.29 Å². The van der Waals surface area contributed by atoms with Crippen molar-refractivity contribution in [2.75, 3.05) is 13.6 Å². The largest absolute Gasteiger partial charge is 0.298 e. The topological polar surface area (TPSA) is 66.5 Å². The minimum Gasteiger partial charge on any atom is -0.298 e. The van der Waals surface area contributed by atoms with Gasteiger partial charge in [-0.05, 0) is 26.0 Å². The van der Waals surface area contributed by atoms with Crippen molar-refractivity contribution in [3.8, 4) is 0 Å². The third kappa shape index (κ3) is 5.41. The SMILES string of the molecule is C=C/C(C=O)=C(/CN(C)C1CCC(=O)NC1=O)C(=C)C.CC. The zero-order valence-electron chi connectivity index (χ0n) is 13.9. The van der Waals surface area contributed by atoms with Gasteiger partial charge in [-0.3, -0.25) is 24.6 Å². The van der Waals surface area contributed by atoms with E-state index < -0.39 is 0 Å². The minimum absolute atomic E-state index is 0.241. The van der Waals surface area contributed by atoms with Crippen molar-refractivity contribution < 1.29 is 14.4 Å². The number of rotatable bonds is 6. The number of allylic oxidation sites excluding steroid dienone is 2. The van der Waals surface area contributed by atoms with Crippen LogP contribution in [0, 0.1) is 0 Å². The fraction of sp³-hybridized carbons (Fsp3) is 0.471. The van der Waals surface area contributed by atoms with Crippen LogP contribution in [-0.4, -0.2) is 42.6 Å². The first-order valence-corrected chi connectivity index (χ1v) is 7.41. The van der Waals surface area contributed by atoms with Gasteiger partial charge in [0.05, 0.1) is 6.04 Å². The number of likely N-dealkylation sites (N-methyl/N-ethyl adjacent to an activating group) is 1. The second kappa shape index (κ2) is 9.84. The standard InChI is InChI=1S/C15H20N2O3.C2H6/c1-5-11(9-18)12(10(2)3)8-17(4)13-6-7-14(19)16-15(13)20;1-2/h5,9,13H,1-2,6-8H2,3-4H3,(H,16,19,20);1-2H3/b12-11+;. The van der Waals surface area contributed by atoms with Gasteiger partial charge < -0.3 is 0 Å². The van der Waals surface area contributed by atoms with E-state index >= 15 is 0 Å². The van der Waals surface area contributed by atoms with Gasteiger partial charge in [-0.25, -0.2) is 0 Å². The van der Waals surface area contributed by atoms with Crippen LogP contribution < -0.4 is 5.32 Å². The molecule has 1 atom stereocenters. The lowest BCUT2D eigenvalue weighted by Gasteiger charge is -2.30. The van der Waals surface area contributed by atoms with E-state index in [1.807, 2.05) is 18.7 Å². The molecule has 22 heavy (non-hydrogen) atoms. The smallest absolute Gasteiger partial charge is 0.243 e. The number of piperidine rings is 1. The summed E-state index contributed by atoms with van der Waals surface area (Å²) < 4.78 is 0. The summed E-state index contributed by atoms with van der Waals surface area (Å²) in [6.45, 7) is 13.7. The number of nitrogens with one attached hydrogen (secondary N) is 1. The van der Waals surface area contributed by atoms with E-state index in [1.165, 1.54) is 6.08 Å². The summed E-state index contributed by atoms with van der Waals surface area (Å²) in [5, 5.41) is 2.32. The summed E-state index contributed by atoms with van der Waals surface area (Å²) in [6.07, 6.45) is 3.02. The van der Waals surface area contributed by atoms with Crippen molar-refractivity contribution in [3.05, 3.63) is 36.0 Å². The predicted molar refractivity (Wildman–Crippen MR) is 88.3 cm³/mol. The Morgan fingerprint density at radius 2 is 2.00 bits per heavy atom. The fourth-order valence-corrected chi connectivity index (χ4v) is 2.18. The quantitative estimate of drug-likeness (QED) is 0.353. The van der Waals surface area contributed by atoms with Crippen LogP contribution >= 0.6 is 0 Å². The van der Waals surface area contributed by atoms with Gasteiger partial charge in [-0.2, -0.15) is 0 Å². The van der Waals surface area contributed by atoms with Crippen LogP contribution in [-0.2, 0) is 14.4 Å². The van der Waals surface area contributed by atoms with Gasteiger partial charge in [0.25, 0.3) is 0 Å².